The van der Waals surface area contributed by atoms with Crippen LogP contribution in [0.3, 0.4) is 0 Å². The van der Waals surface area contributed by atoms with E-state index < -0.39 is 0 Å². The molecular formula is C18H27NO2. The van der Waals surface area contributed by atoms with Gasteiger partial charge in [0.05, 0.1) is 12.6 Å². The molecule has 0 aliphatic heterocycles. The molecule has 0 bridgehead atoms. The highest BCUT2D eigenvalue weighted by Crippen LogP contribution is 2.37. The predicted octanol–water partition coefficient (Wildman–Crippen LogP) is 3.46. The van der Waals surface area contributed by atoms with E-state index in [4.69, 9.17) is 4.74 Å². The maximum Gasteiger partial charge on any atom is 0.157 e. The quantitative estimate of drug-likeness (QED) is 0.770. The topological polar surface area (TPSA) is 29.5 Å². The van der Waals surface area contributed by atoms with E-state index in [0.29, 0.717) is 12.2 Å². The smallest absolute Gasteiger partial charge is 0.157 e. The van der Waals surface area contributed by atoms with E-state index in [2.05, 4.69) is 18.7 Å². The number of carbonyl (C=O) groups is 1. The van der Waals surface area contributed by atoms with Gasteiger partial charge in [-0.3, -0.25) is 9.69 Å². The van der Waals surface area contributed by atoms with Crippen molar-refractivity contribution >= 4 is 5.78 Å². The standard InChI is InChI=1S/C18H27NO2/c1-4-19(5-2)18(12-8-9-13-18)17(20)14-15-10-6-7-11-16(15)21-3/h6-7,10-11H,4-5,8-9,12-14H2,1-3H3. The number of rotatable bonds is 7. The first kappa shape index (κ1) is 16.0. The second-order valence-corrected chi connectivity index (χ2v) is 5.82. The second-order valence-electron chi connectivity index (χ2n) is 5.82. The van der Waals surface area contributed by atoms with Crippen molar-refractivity contribution in [3.8, 4) is 5.75 Å². The van der Waals surface area contributed by atoms with Gasteiger partial charge in [-0.05, 0) is 32.0 Å². The Kier molecular flexibility index (Phi) is 5.40. The summed E-state index contributed by atoms with van der Waals surface area (Å²) in [5, 5.41) is 0. The summed E-state index contributed by atoms with van der Waals surface area (Å²) in [6, 6.07) is 7.86. The fourth-order valence-corrected chi connectivity index (χ4v) is 3.75. The summed E-state index contributed by atoms with van der Waals surface area (Å²) in [4.78, 5) is 15.4. The Hall–Kier alpha value is -1.35. The van der Waals surface area contributed by atoms with Gasteiger partial charge in [0.1, 0.15) is 5.75 Å². The van der Waals surface area contributed by atoms with Crippen LogP contribution < -0.4 is 4.74 Å². The molecule has 0 N–H and O–H groups in total. The fourth-order valence-electron chi connectivity index (χ4n) is 3.75. The van der Waals surface area contributed by atoms with E-state index in [0.717, 1.165) is 50.1 Å². The number of hydrogen-bond donors (Lipinski definition) is 0. The second kappa shape index (κ2) is 7.08. The van der Waals surface area contributed by atoms with Crippen LogP contribution in [0.25, 0.3) is 0 Å². The van der Waals surface area contributed by atoms with E-state index >= 15 is 0 Å². The molecule has 2 rings (SSSR count). The number of methoxy groups -OCH3 is 1. The maximum absolute atomic E-state index is 13.1. The van der Waals surface area contributed by atoms with Crippen molar-refractivity contribution in [2.75, 3.05) is 20.2 Å². The van der Waals surface area contributed by atoms with Crippen LogP contribution in [0.1, 0.15) is 45.1 Å². The van der Waals surface area contributed by atoms with E-state index in [1.807, 2.05) is 24.3 Å². The van der Waals surface area contributed by atoms with Gasteiger partial charge in [-0.2, -0.15) is 0 Å². The Morgan fingerprint density at radius 1 is 1.19 bits per heavy atom. The summed E-state index contributed by atoms with van der Waals surface area (Å²) in [6.07, 6.45) is 4.80. The van der Waals surface area contributed by atoms with Gasteiger partial charge in [0.25, 0.3) is 0 Å². The van der Waals surface area contributed by atoms with Gasteiger partial charge >= 0.3 is 0 Å². The summed E-state index contributed by atoms with van der Waals surface area (Å²) in [7, 11) is 1.67. The summed E-state index contributed by atoms with van der Waals surface area (Å²) < 4.78 is 5.39. The first-order valence-corrected chi connectivity index (χ1v) is 8.08. The van der Waals surface area contributed by atoms with E-state index in [1.165, 1.54) is 0 Å². The Balaban J connectivity index is 2.23. The van der Waals surface area contributed by atoms with Gasteiger partial charge in [-0.15, -0.1) is 0 Å². The van der Waals surface area contributed by atoms with Crippen LogP contribution in [-0.2, 0) is 11.2 Å². The van der Waals surface area contributed by atoms with Gasteiger partial charge in [0.2, 0.25) is 0 Å². The monoisotopic (exact) mass is 289 g/mol. The first-order valence-electron chi connectivity index (χ1n) is 8.08. The van der Waals surface area contributed by atoms with E-state index in [-0.39, 0.29) is 5.54 Å². The zero-order chi connectivity index (χ0) is 15.3. The lowest BCUT2D eigenvalue weighted by Gasteiger charge is -2.39. The lowest BCUT2D eigenvalue weighted by Crippen LogP contribution is -2.53. The van der Waals surface area contributed by atoms with Crippen molar-refractivity contribution in [1.29, 1.82) is 0 Å². The normalized spacial score (nSPS) is 17.1. The van der Waals surface area contributed by atoms with Crippen LogP contribution in [0, 0.1) is 0 Å². The average molecular weight is 289 g/mol. The van der Waals surface area contributed by atoms with Crippen LogP contribution in [0.5, 0.6) is 5.75 Å². The predicted molar refractivity (Wildman–Crippen MR) is 85.8 cm³/mol. The summed E-state index contributed by atoms with van der Waals surface area (Å²) in [5.74, 6) is 1.17. The molecular weight excluding hydrogens is 262 g/mol. The summed E-state index contributed by atoms with van der Waals surface area (Å²) in [6.45, 7) is 6.18. The maximum atomic E-state index is 13.1. The van der Waals surface area contributed by atoms with Crippen LogP contribution >= 0.6 is 0 Å². The molecule has 0 atom stereocenters. The molecule has 0 amide bonds. The van der Waals surface area contributed by atoms with Crippen molar-refractivity contribution in [3.05, 3.63) is 29.8 Å². The Morgan fingerprint density at radius 3 is 2.38 bits per heavy atom. The van der Waals surface area contributed by atoms with Gasteiger partial charge in [-0.25, -0.2) is 0 Å². The molecule has 21 heavy (non-hydrogen) atoms. The fraction of sp³-hybridized carbons (Fsp3) is 0.611. The molecule has 1 aromatic carbocycles. The molecule has 0 radical (unpaired) electrons. The van der Waals surface area contributed by atoms with Gasteiger partial charge in [0, 0.05) is 12.0 Å². The van der Waals surface area contributed by atoms with Crippen LogP contribution in [0.15, 0.2) is 24.3 Å². The lowest BCUT2D eigenvalue weighted by molar-refractivity contribution is -0.130. The zero-order valence-corrected chi connectivity index (χ0v) is 13.5. The minimum atomic E-state index is -0.246. The largest absolute Gasteiger partial charge is 0.496 e. The third kappa shape index (κ3) is 3.13. The molecule has 0 unspecified atom stereocenters. The molecule has 1 aromatic rings. The van der Waals surface area contributed by atoms with Gasteiger partial charge < -0.3 is 4.74 Å². The molecule has 1 fully saturated rings. The number of para-hydroxylation sites is 1. The minimum Gasteiger partial charge on any atom is -0.496 e. The summed E-state index contributed by atoms with van der Waals surface area (Å²) in [5.41, 5.74) is 0.757. The number of likely N-dealkylation sites (N-methyl/N-ethyl adjacent to an activating group) is 1. The molecule has 1 aliphatic rings. The number of hydrogen-bond acceptors (Lipinski definition) is 3. The van der Waals surface area contributed by atoms with Crippen LogP contribution in [0.4, 0.5) is 0 Å². The SMILES string of the molecule is CCN(CC)C1(C(=O)Cc2ccccc2OC)CCCC1. The zero-order valence-electron chi connectivity index (χ0n) is 13.5. The molecule has 116 valence electrons. The Bertz CT molecular complexity index is 474. The number of nitrogens with zero attached hydrogens (tertiary/aromatic N) is 1. The van der Waals surface area contributed by atoms with E-state index in [9.17, 15) is 4.79 Å². The van der Waals surface area contributed by atoms with Crippen molar-refractivity contribution in [2.45, 2.75) is 51.5 Å². The molecule has 0 spiro atoms. The Morgan fingerprint density at radius 2 is 1.81 bits per heavy atom. The van der Waals surface area contributed by atoms with Crippen molar-refractivity contribution in [1.82, 2.24) is 4.90 Å². The third-order valence-electron chi connectivity index (χ3n) is 4.86. The highest BCUT2D eigenvalue weighted by molar-refractivity contribution is 5.91. The lowest BCUT2D eigenvalue weighted by atomic mass is 9.86. The number of ether oxygens (including phenoxy) is 1. The molecule has 0 aromatic heterocycles. The number of Topliss-reactive ketones (excluding diaryl/α,β-unsaturated/α-hetero) is 1. The van der Waals surface area contributed by atoms with Crippen molar-refractivity contribution in [2.24, 2.45) is 0 Å². The minimum absolute atomic E-state index is 0.246. The molecule has 1 aliphatic carbocycles. The molecule has 3 heteroatoms. The molecule has 1 saturated carbocycles. The number of benzene rings is 1. The molecule has 0 heterocycles. The van der Waals surface area contributed by atoms with E-state index in [1.54, 1.807) is 7.11 Å². The van der Waals surface area contributed by atoms with Gasteiger partial charge in [0.15, 0.2) is 5.78 Å². The average Bonchev–Trinajstić information content (AvgIpc) is 3.00. The highest BCUT2D eigenvalue weighted by atomic mass is 16.5. The molecule has 0 saturated heterocycles. The van der Waals surface area contributed by atoms with Crippen LogP contribution in [-0.4, -0.2) is 36.4 Å². The van der Waals surface area contributed by atoms with Crippen LogP contribution in [0.2, 0.25) is 0 Å². The highest BCUT2D eigenvalue weighted by Gasteiger charge is 2.44. The third-order valence-corrected chi connectivity index (χ3v) is 4.86. The van der Waals surface area contributed by atoms with Crippen molar-refractivity contribution < 1.29 is 9.53 Å². The first-order chi connectivity index (χ1) is 10.2. The van der Waals surface area contributed by atoms with Gasteiger partial charge in [-0.1, -0.05) is 44.9 Å². The van der Waals surface area contributed by atoms with Crippen molar-refractivity contribution in [3.63, 3.8) is 0 Å². The molecule has 3 nitrogen and oxygen atoms in total. The Labute approximate surface area is 128 Å². The number of ketones is 1. The number of carbonyl (C=O) groups excluding carboxylic acids is 1. The summed E-state index contributed by atoms with van der Waals surface area (Å²) >= 11 is 0.